The van der Waals surface area contributed by atoms with Crippen LogP contribution in [-0.4, -0.2) is 27.1 Å². The summed E-state index contributed by atoms with van der Waals surface area (Å²) in [5.74, 6) is -0.628. The fourth-order valence-corrected chi connectivity index (χ4v) is 2.07. The minimum atomic E-state index is -0.404. The number of imidazole rings is 1. The fraction of sp³-hybridized carbons (Fsp3) is 0.167. The highest BCUT2D eigenvalue weighted by atomic mass is 35.5. The van der Waals surface area contributed by atoms with E-state index >= 15 is 0 Å². The second-order valence-corrected chi connectivity index (χ2v) is 4.84. The van der Waals surface area contributed by atoms with Crippen LogP contribution in [0.1, 0.15) is 10.5 Å². The van der Waals surface area contributed by atoms with Crippen LogP contribution >= 0.6 is 23.2 Å². The zero-order chi connectivity index (χ0) is 14.7. The van der Waals surface area contributed by atoms with Gasteiger partial charge >= 0.3 is 0 Å². The third kappa shape index (κ3) is 3.22. The molecule has 1 heterocycles. The number of benzene rings is 1. The van der Waals surface area contributed by atoms with Crippen molar-refractivity contribution in [3.05, 3.63) is 40.4 Å². The number of nitrogens with two attached hydrogens (primary N) is 1. The van der Waals surface area contributed by atoms with Gasteiger partial charge in [-0.25, -0.2) is 4.98 Å². The number of halogens is 2. The first-order chi connectivity index (χ1) is 9.51. The second-order valence-electron chi connectivity index (χ2n) is 4.03. The van der Waals surface area contributed by atoms with E-state index in [-0.39, 0.29) is 21.5 Å². The topological polar surface area (TPSA) is 93.2 Å². The number of aromatic nitrogens is 2. The van der Waals surface area contributed by atoms with Gasteiger partial charge in [-0.05, 0) is 12.1 Å². The molecule has 4 N–H and O–H groups in total. The van der Waals surface area contributed by atoms with Gasteiger partial charge in [0.05, 0.1) is 16.4 Å². The summed E-state index contributed by atoms with van der Waals surface area (Å²) in [6, 6.07) is 2.80. The number of hydrogen-bond acceptors (Lipinski definition) is 4. The number of phenols is 1. The Kier molecular flexibility index (Phi) is 4.49. The van der Waals surface area contributed by atoms with E-state index in [1.165, 1.54) is 18.5 Å². The van der Waals surface area contributed by atoms with Gasteiger partial charge in [-0.3, -0.25) is 4.79 Å². The molecule has 2 rings (SSSR count). The number of carbonyl (C=O) groups excluding carboxylic acids is 1. The molecule has 0 atom stereocenters. The first-order valence-corrected chi connectivity index (χ1v) is 6.48. The van der Waals surface area contributed by atoms with Crippen LogP contribution in [0.25, 0.3) is 0 Å². The Labute approximate surface area is 125 Å². The van der Waals surface area contributed by atoms with Gasteiger partial charge in [0.15, 0.2) is 5.75 Å². The minimum absolute atomic E-state index is 0.0569. The summed E-state index contributed by atoms with van der Waals surface area (Å²) in [5.41, 5.74) is 6.04. The Morgan fingerprint density at radius 2 is 2.05 bits per heavy atom. The maximum absolute atomic E-state index is 12.0. The van der Waals surface area contributed by atoms with Gasteiger partial charge in [0.2, 0.25) is 0 Å². The van der Waals surface area contributed by atoms with Gasteiger partial charge in [0.25, 0.3) is 5.91 Å². The molecule has 20 heavy (non-hydrogen) atoms. The average molecular weight is 315 g/mol. The summed E-state index contributed by atoms with van der Waals surface area (Å²) in [6.07, 6.45) is 3.12. The number of carbonyl (C=O) groups is 1. The molecule has 0 fully saturated rings. The molecule has 0 bridgehead atoms. The van der Waals surface area contributed by atoms with E-state index in [1.807, 2.05) is 0 Å². The van der Waals surface area contributed by atoms with E-state index < -0.39 is 5.91 Å². The molecule has 0 aliphatic carbocycles. The van der Waals surface area contributed by atoms with Crippen LogP contribution in [0.4, 0.5) is 5.69 Å². The first-order valence-electron chi connectivity index (χ1n) is 5.72. The predicted molar refractivity (Wildman–Crippen MR) is 77.4 cm³/mol. The van der Waals surface area contributed by atoms with Crippen molar-refractivity contribution in [3.8, 4) is 5.75 Å². The van der Waals surface area contributed by atoms with Crippen molar-refractivity contribution in [1.29, 1.82) is 0 Å². The minimum Gasteiger partial charge on any atom is -0.505 e. The van der Waals surface area contributed by atoms with Gasteiger partial charge < -0.3 is 20.7 Å². The number of rotatable bonds is 4. The quantitative estimate of drug-likeness (QED) is 0.753. The van der Waals surface area contributed by atoms with Crippen LogP contribution in [0.2, 0.25) is 10.0 Å². The van der Waals surface area contributed by atoms with Crippen molar-refractivity contribution in [1.82, 2.24) is 9.55 Å². The highest BCUT2D eigenvalue weighted by molar-refractivity contribution is 6.37. The zero-order valence-corrected chi connectivity index (χ0v) is 11.8. The van der Waals surface area contributed by atoms with Crippen LogP contribution in [-0.2, 0) is 6.54 Å². The molecule has 0 saturated carbocycles. The van der Waals surface area contributed by atoms with Gasteiger partial charge in [-0.15, -0.1) is 0 Å². The molecule has 0 aliphatic rings. The van der Waals surface area contributed by atoms with Crippen LogP contribution in [0.5, 0.6) is 5.75 Å². The van der Waals surface area contributed by atoms with Crippen molar-refractivity contribution in [2.45, 2.75) is 6.54 Å². The van der Waals surface area contributed by atoms with Crippen molar-refractivity contribution in [2.24, 2.45) is 5.73 Å². The predicted octanol–water partition coefficient (Wildman–Crippen LogP) is 2.11. The van der Waals surface area contributed by atoms with E-state index in [9.17, 15) is 9.90 Å². The molecular weight excluding hydrogens is 303 g/mol. The van der Waals surface area contributed by atoms with Crippen LogP contribution in [0.3, 0.4) is 0 Å². The zero-order valence-electron chi connectivity index (χ0n) is 10.3. The molecule has 2 aromatic rings. The molecule has 6 nitrogen and oxygen atoms in total. The monoisotopic (exact) mass is 314 g/mol. The van der Waals surface area contributed by atoms with Crippen molar-refractivity contribution in [2.75, 3.05) is 11.9 Å². The van der Waals surface area contributed by atoms with Crippen molar-refractivity contribution in [3.63, 3.8) is 0 Å². The number of anilines is 1. The summed E-state index contributed by atoms with van der Waals surface area (Å²) in [4.78, 5) is 15.9. The maximum Gasteiger partial charge on any atom is 0.275 e. The van der Waals surface area contributed by atoms with Crippen LogP contribution < -0.4 is 11.1 Å². The van der Waals surface area contributed by atoms with Gasteiger partial charge in [-0.2, -0.15) is 0 Å². The normalized spacial score (nSPS) is 10.6. The third-order valence-electron chi connectivity index (χ3n) is 2.53. The summed E-state index contributed by atoms with van der Waals surface area (Å²) in [5, 5.41) is 12.2. The lowest BCUT2D eigenvalue weighted by atomic mass is 10.3. The summed E-state index contributed by atoms with van der Waals surface area (Å²) >= 11 is 11.5. The third-order valence-corrected chi connectivity index (χ3v) is 3.10. The van der Waals surface area contributed by atoms with Crippen molar-refractivity contribution >= 4 is 34.8 Å². The lowest BCUT2D eigenvalue weighted by molar-refractivity contribution is 0.102. The molecule has 1 amide bonds. The maximum atomic E-state index is 12.0. The van der Waals surface area contributed by atoms with E-state index in [1.54, 1.807) is 10.8 Å². The molecule has 0 spiro atoms. The van der Waals surface area contributed by atoms with Crippen LogP contribution in [0.15, 0.2) is 24.7 Å². The number of nitrogens with zero attached hydrogens (tertiary/aromatic N) is 2. The molecule has 0 saturated heterocycles. The fourth-order valence-electron chi connectivity index (χ4n) is 1.58. The molecule has 1 aromatic heterocycles. The van der Waals surface area contributed by atoms with E-state index in [0.29, 0.717) is 18.8 Å². The Morgan fingerprint density at radius 1 is 1.40 bits per heavy atom. The second kappa shape index (κ2) is 6.13. The summed E-state index contributed by atoms with van der Waals surface area (Å²) in [6.45, 7) is 1.04. The van der Waals surface area contributed by atoms with Crippen LogP contribution in [0, 0.1) is 0 Å². The smallest absolute Gasteiger partial charge is 0.275 e. The Hall–Kier alpha value is -1.76. The number of aromatic hydroxyl groups is 1. The molecule has 0 aliphatic heterocycles. The van der Waals surface area contributed by atoms with Crippen molar-refractivity contribution < 1.29 is 9.90 Å². The molecule has 1 aromatic carbocycles. The van der Waals surface area contributed by atoms with Gasteiger partial charge in [-0.1, -0.05) is 23.2 Å². The first kappa shape index (κ1) is 14.6. The molecule has 0 radical (unpaired) electrons. The standard InChI is InChI=1S/C12H12Cl2N4O2/c13-8-3-7(4-9(14)11(8)19)17-12(20)10-5-18(2-1-15)6-16-10/h3-6,19H,1-2,15H2,(H,17,20). The Balaban J connectivity index is 2.14. The lowest BCUT2D eigenvalue weighted by Gasteiger charge is -2.06. The molecule has 106 valence electrons. The van der Waals surface area contributed by atoms with E-state index in [0.717, 1.165) is 0 Å². The number of amides is 1. The highest BCUT2D eigenvalue weighted by Gasteiger charge is 2.12. The number of hydrogen-bond donors (Lipinski definition) is 3. The Bertz CT molecular complexity index is 619. The SMILES string of the molecule is NCCn1cnc(C(=O)Nc2cc(Cl)c(O)c(Cl)c2)c1. The van der Waals surface area contributed by atoms with E-state index in [4.69, 9.17) is 28.9 Å². The van der Waals surface area contributed by atoms with E-state index in [2.05, 4.69) is 10.3 Å². The van der Waals surface area contributed by atoms with Gasteiger partial charge in [0, 0.05) is 25.0 Å². The lowest BCUT2D eigenvalue weighted by Crippen LogP contribution is -2.12. The highest BCUT2D eigenvalue weighted by Crippen LogP contribution is 2.34. The molecular formula is C12H12Cl2N4O2. The average Bonchev–Trinajstić information content (AvgIpc) is 2.85. The number of phenolic OH excluding ortho intramolecular Hbond substituents is 1. The molecule has 0 unspecified atom stereocenters. The number of nitrogens with one attached hydrogen (secondary N) is 1. The summed E-state index contributed by atoms with van der Waals surface area (Å²) < 4.78 is 1.71. The molecule has 8 heteroatoms. The summed E-state index contributed by atoms with van der Waals surface area (Å²) in [7, 11) is 0. The van der Waals surface area contributed by atoms with Gasteiger partial charge in [0.1, 0.15) is 5.69 Å². The largest absolute Gasteiger partial charge is 0.505 e. The Morgan fingerprint density at radius 3 is 2.65 bits per heavy atom.